The second-order valence-corrected chi connectivity index (χ2v) is 10.1. The number of aryl methyl sites for hydroxylation is 1. The van der Waals surface area contributed by atoms with Gasteiger partial charge in [0.2, 0.25) is 5.91 Å². The molecule has 3 N–H and O–H groups in total. The van der Waals surface area contributed by atoms with Crippen molar-refractivity contribution in [3.8, 4) is 0 Å². The summed E-state index contributed by atoms with van der Waals surface area (Å²) in [6.07, 6.45) is -8.51. The van der Waals surface area contributed by atoms with Gasteiger partial charge in [0.15, 0.2) is 0 Å². The van der Waals surface area contributed by atoms with Gasteiger partial charge >= 0.3 is 36.4 Å². The van der Waals surface area contributed by atoms with Gasteiger partial charge in [-0.2, -0.15) is 39.5 Å². The average Bonchev–Trinajstić information content (AvgIpc) is 3.22. The fraction of sp³-hybridized carbons (Fsp3) is 0.481. The van der Waals surface area contributed by atoms with Crippen molar-refractivity contribution in [2.75, 3.05) is 19.6 Å². The summed E-state index contributed by atoms with van der Waals surface area (Å²) in [7, 11) is 0. The third-order valence-electron chi connectivity index (χ3n) is 6.44. The zero-order valence-corrected chi connectivity index (χ0v) is 24.4. The molecule has 2 fully saturated rings. The Morgan fingerprint density at radius 3 is 1.72 bits per heavy atom. The van der Waals surface area contributed by atoms with Crippen molar-refractivity contribution in [3.05, 3.63) is 59.7 Å². The minimum absolute atomic E-state index is 0.199. The van der Waals surface area contributed by atoms with Gasteiger partial charge < -0.3 is 20.2 Å². The van der Waals surface area contributed by atoms with E-state index in [1.165, 1.54) is 5.56 Å². The maximum atomic E-state index is 13.2. The van der Waals surface area contributed by atoms with Gasteiger partial charge in [0.25, 0.3) is 0 Å². The fourth-order valence-corrected chi connectivity index (χ4v) is 4.41. The Hall–Kier alpha value is -4.49. The zero-order valence-electron chi connectivity index (χ0n) is 24.4. The molecule has 1 spiro atoms. The number of alkyl halides is 9. The Balaban J connectivity index is 0.000000430. The van der Waals surface area contributed by atoms with E-state index in [1.54, 1.807) is 0 Å². The number of pyridine rings is 2. The molecule has 2 aromatic rings. The van der Waals surface area contributed by atoms with Crippen LogP contribution in [0, 0.1) is 12.3 Å². The van der Waals surface area contributed by atoms with Crippen LogP contribution >= 0.6 is 0 Å². The standard InChI is InChI=1S/C21H26N4O.3C2HF3O2/c1-17-4-2-5-19(23-17)15-25-13-9-21(20(25)26)8-3-12-24(16-21)14-18-6-10-22-11-7-18;3*3-2(4,5)1(6)7/h2,4-7,10-11H,3,8-9,12-16H2,1H3;3*(H,6,7). The number of piperidine rings is 1. The second kappa shape index (κ2) is 16.9. The largest absolute Gasteiger partial charge is 0.490 e. The first-order chi connectivity index (χ1) is 21.5. The molecule has 1 amide bonds. The number of likely N-dealkylation sites (tertiary alicyclic amines) is 2. The predicted molar refractivity (Wildman–Crippen MR) is 141 cm³/mol. The van der Waals surface area contributed by atoms with Gasteiger partial charge in [0, 0.05) is 37.7 Å². The first-order valence-electron chi connectivity index (χ1n) is 13.2. The molecule has 4 rings (SSSR count). The van der Waals surface area contributed by atoms with E-state index in [1.807, 2.05) is 42.4 Å². The van der Waals surface area contributed by atoms with E-state index in [9.17, 15) is 44.3 Å². The second-order valence-electron chi connectivity index (χ2n) is 10.1. The minimum Gasteiger partial charge on any atom is -0.475 e. The maximum absolute atomic E-state index is 13.2. The van der Waals surface area contributed by atoms with E-state index in [-0.39, 0.29) is 5.41 Å². The van der Waals surface area contributed by atoms with Gasteiger partial charge in [-0.15, -0.1) is 0 Å². The molecular formula is C27H29F9N4O7. The Kier molecular flexibility index (Phi) is 14.6. The van der Waals surface area contributed by atoms with Crippen LogP contribution in [0.15, 0.2) is 42.7 Å². The molecule has 262 valence electrons. The molecule has 2 aliphatic rings. The molecule has 20 heteroatoms. The van der Waals surface area contributed by atoms with E-state index in [0.717, 1.165) is 56.8 Å². The maximum Gasteiger partial charge on any atom is 0.490 e. The molecule has 4 heterocycles. The molecule has 0 bridgehead atoms. The molecule has 0 aromatic carbocycles. The van der Waals surface area contributed by atoms with Crippen LogP contribution in [-0.2, 0) is 32.3 Å². The first kappa shape index (κ1) is 40.5. The number of aromatic nitrogens is 2. The topological polar surface area (TPSA) is 161 Å². The van der Waals surface area contributed by atoms with Crippen molar-refractivity contribution in [1.82, 2.24) is 19.8 Å². The Morgan fingerprint density at radius 2 is 1.28 bits per heavy atom. The molecule has 2 aromatic heterocycles. The van der Waals surface area contributed by atoms with E-state index < -0.39 is 36.4 Å². The monoisotopic (exact) mass is 692 g/mol. The van der Waals surface area contributed by atoms with E-state index in [0.29, 0.717) is 12.5 Å². The lowest BCUT2D eigenvalue weighted by Crippen LogP contribution is -2.47. The normalized spacial score (nSPS) is 18.2. The van der Waals surface area contributed by atoms with Crippen LogP contribution in [0.25, 0.3) is 0 Å². The number of carbonyl (C=O) groups is 4. The van der Waals surface area contributed by atoms with Gasteiger partial charge in [0.05, 0.1) is 17.7 Å². The quantitative estimate of drug-likeness (QED) is 0.383. The summed E-state index contributed by atoms with van der Waals surface area (Å²) >= 11 is 0. The minimum atomic E-state index is -5.08. The zero-order chi connectivity index (χ0) is 36.2. The number of aliphatic carboxylic acids is 3. The highest BCUT2D eigenvalue weighted by atomic mass is 19.4. The number of hydrogen-bond acceptors (Lipinski definition) is 7. The van der Waals surface area contributed by atoms with Crippen LogP contribution in [0.1, 0.15) is 36.2 Å². The predicted octanol–water partition coefficient (Wildman–Crippen LogP) is 4.70. The number of carboxylic acids is 3. The summed E-state index contributed by atoms with van der Waals surface area (Å²) in [5.41, 5.74) is 3.06. The highest BCUT2D eigenvalue weighted by Gasteiger charge is 2.48. The molecule has 1 atom stereocenters. The number of halogens is 9. The molecule has 2 aliphatic heterocycles. The highest BCUT2D eigenvalue weighted by Crippen LogP contribution is 2.41. The van der Waals surface area contributed by atoms with Crippen molar-refractivity contribution in [2.24, 2.45) is 5.41 Å². The van der Waals surface area contributed by atoms with E-state index >= 15 is 0 Å². The molecule has 11 nitrogen and oxygen atoms in total. The third kappa shape index (κ3) is 14.2. The smallest absolute Gasteiger partial charge is 0.475 e. The van der Waals surface area contributed by atoms with Gasteiger partial charge in [0.1, 0.15) is 0 Å². The average molecular weight is 693 g/mol. The summed E-state index contributed by atoms with van der Waals surface area (Å²) in [6.45, 7) is 6.30. The van der Waals surface area contributed by atoms with Crippen molar-refractivity contribution in [2.45, 2.75) is 57.8 Å². The number of amides is 1. The van der Waals surface area contributed by atoms with Gasteiger partial charge in [-0.05, 0) is 62.6 Å². The van der Waals surface area contributed by atoms with Crippen LogP contribution in [0.5, 0.6) is 0 Å². The molecule has 1 unspecified atom stereocenters. The fourth-order valence-electron chi connectivity index (χ4n) is 4.41. The van der Waals surface area contributed by atoms with Gasteiger partial charge in [-0.1, -0.05) is 6.07 Å². The summed E-state index contributed by atoms with van der Waals surface area (Å²) in [6, 6.07) is 10.2. The lowest BCUT2D eigenvalue weighted by Gasteiger charge is -2.39. The molecule has 0 saturated carbocycles. The van der Waals surface area contributed by atoms with Crippen LogP contribution in [-0.4, -0.2) is 97.1 Å². The first-order valence-corrected chi connectivity index (χ1v) is 13.2. The molecule has 2 saturated heterocycles. The number of carboxylic acid groups (broad SMARTS) is 3. The number of carbonyl (C=O) groups excluding carboxylic acids is 1. The Morgan fingerprint density at radius 1 is 0.787 bits per heavy atom. The van der Waals surface area contributed by atoms with E-state index in [4.69, 9.17) is 29.7 Å². The lowest BCUT2D eigenvalue weighted by molar-refractivity contribution is -0.193. The Bertz CT molecular complexity index is 1300. The van der Waals surface area contributed by atoms with Crippen LogP contribution in [0.3, 0.4) is 0 Å². The van der Waals surface area contributed by atoms with Crippen molar-refractivity contribution in [1.29, 1.82) is 0 Å². The molecule has 47 heavy (non-hydrogen) atoms. The lowest BCUT2D eigenvalue weighted by atomic mass is 9.78. The van der Waals surface area contributed by atoms with Gasteiger partial charge in [-0.3, -0.25) is 19.7 Å². The number of rotatable bonds is 4. The summed E-state index contributed by atoms with van der Waals surface area (Å²) in [5, 5.41) is 21.4. The third-order valence-corrected chi connectivity index (χ3v) is 6.44. The SMILES string of the molecule is Cc1cccc(CN2CCC3(CCCN(Cc4ccncc4)C3)C2=O)n1.O=C(O)C(F)(F)F.O=C(O)C(F)(F)F.O=C(O)C(F)(F)F. The Labute approximate surface area is 260 Å². The van der Waals surface area contributed by atoms with E-state index in [2.05, 4.69) is 27.0 Å². The molecule has 0 radical (unpaired) electrons. The number of nitrogens with zero attached hydrogens (tertiary/aromatic N) is 4. The van der Waals surface area contributed by atoms with Crippen molar-refractivity contribution >= 4 is 23.8 Å². The van der Waals surface area contributed by atoms with Crippen molar-refractivity contribution in [3.63, 3.8) is 0 Å². The molecular weight excluding hydrogens is 663 g/mol. The highest BCUT2D eigenvalue weighted by molar-refractivity contribution is 5.85. The van der Waals surface area contributed by atoms with Crippen LogP contribution < -0.4 is 0 Å². The summed E-state index contributed by atoms with van der Waals surface area (Å²) < 4.78 is 95.2. The van der Waals surface area contributed by atoms with Crippen LogP contribution in [0.4, 0.5) is 39.5 Å². The summed E-state index contributed by atoms with van der Waals surface area (Å²) in [5.74, 6) is -7.95. The molecule has 0 aliphatic carbocycles. The van der Waals surface area contributed by atoms with Crippen molar-refractivity contribution < 1.29 is 74.0 Å². The van der Waals surface area contributed by atoms with Gasteiger partial charge in [-0.25, -0.2) is 14.4 Å². The summed E-state index contributed by atoms with van der Waals surface area (Å²) in [4.78, 5) is 53.0. The van der Waals surface area contributed by atoms with Crippen LogP contribution in [0.2, 0.25) is 0 Å². The number of hydrogen-bond donors (Lipinski definition) is 3.